The summed E-state index contributed by atoms with van der Waals surface area (Å²) in [5.74, 6) is 0.0216. The highest BCUT2D eigenvalue weighted by atomic mass is 16.7. The van der Waals surface area contributed by atoms with Gasteiger partial charge in [0.2, 0.25) is 12.9 Å². The Labute approximate surface area is 158 Å². The average molecular weight is 379 g/mol. The van der Waals surface area contributed by atoms with E-state index >= 15 is 0 Å². The van der Waals surface area contributed by atoms with Crippen LogP contribution in [0.5, 0.6) is 11.5 Å². The predicted octanol–water partition coefficient (Wildman–Crippen LogP) is 1.34. The average Bonchev–Trinajstić information content (AvgIpc) is 3.06. The maximum atomic E-state index is 13.0. The topological polar surface area (TPSA) is 102 Å². The Morgan fingerprint density at radius 3 is 2.59 bits per heavy atom. The molecule has 0 aromatic heterocycles. The Morgan fingerprint density at radius 2 is 2.00 bits per heavy atom. The van der Waals surface area contributed by atoms with Gasteiger partial charge >= 0.3 is 5.97 Å². The van der Waals surface area contributed by atoms with Crippen molar-refractivity contribution in [1.29, 1.82) is 0 Å². The third-order valence-corrected chi connectivity index (χ3v) is 4.22. The van der Waals surface area contributed by atoms with Crippen molar-refractivity contribution in [2.75, 3.05) is 13.3 Å². The fraction of sp³-hybridized carbons (Fsp3) is 0.526. The summed E-state index contributed by atoms with van der Waals surface area (Å²) in [7, 11) is 0. The molecule has 2 atom stereocenters. The summed E-state index contributed by atoms with van der Waals surface area (Å²) >= 11 is 0. The smallest absolute Gasteiger partial charge is 0.303 e. The Bertz CT molecular complexity index is 704. The van der Waals surface area contributed by atoms with Gasteiger partial charge in [0.25, 0.3) is 5.91 Å². The van der Waals surface area contributed by atoms with Crippen LogP contribution in [0.4, 0.5) is 0 Å². The highest BCUT2D eigenvalue weighted by molar-refractivity contribution is 5.84. The van der Waals surface area contributed by atoms with Gasteiger partial charge in [-0.3, -0.25) is 9.59 Å². The molecule has 27 heavy (non-hydrogen) atoms. The molecule has 1 aromatic rings. The first-order chi connectivity index (χ1) is 12.9. The van der Waals surface area contributed by atoms with Crippen LogP contribution in [-0.4, -0.2) is 53.7 Å². The minimum atomic E-state index is -1.42. The van der Waals surface area contributed by atoms with Crippen molar-refractivity contribution in [1.82, 2.24) is 4.90 Å². The van der Waals surface area contributed by atoms with Crippen molar-refractivity contribution < 1.29 is 33.7 Å². The summed E-state index contributed by atoms with van der Waals surface area (Å²) in [6.07, 6.45) is -1.95. The molecular weight excluding hydrogens is 354 g/mol. The van der Waals surface area contributed by atoms with Crippen LogP contribution in [-0.2, 0) is 25.7 Å². The number of hydrogen-bond donors (Lipinski definition) is 1. The lowest BCUT2D eigenvalue weighted by Gasteiger charge is -2.29. The molecule has 0 bridgehead atoms. The first kappa shape index (κ1) is 20.7. The Kier molecular flexibility index (Phi) is 7.18. The largest absolute Gasteiger partial charge is 0.454 e. The van der Waals surface area contributed by atoms with Crippen LogP contribution in [0, 0.1) is 6.92 Å². The van der Waals surface area contributed by atoms with Gasteiger partial charge in [-0.05, 0) is 36.6 Å². The number of aryl methyl sites for hydroxylation is 1. The molecule has 1 N–H and O–H groups in total. The van der Waals surface area contributed by atoms with Crippen LogP contribution in [0.15, 0.2) is 12.1 Å². The fourth-order valence-electron chi connectivity index (χ4n) is 2.87. The Balaban J connectivity index is 2.25. The highest BCUT2D eigenvalue weighted by Crippen LogP contribution is 2.35. The fourth-order valence-corrected chi connectivity index (χ4v) is 2.87. The Morgan fingerprint density at radius 1 is 1.33 bits per heavy atom. The molecular formula is C19H25NO7. The number of aliphatic hydroxyl groups excluding tert-OH is 1. The van der Waals surface area contributed by atoms with Gasteiger partial charge in [-0.25, -0.2) is 0 Å². The SMILES string of the molecule is CCCN(Cc1cc2c(cc1C)OCO2)C(=O)[C@@H](OC(C)=O)[C@H](O)CC=O. The zero-order valence-corrected chi connectivity index (χ0v) is 15.8. The molecule has 0 saturated carbocycles. The number of esters is 1. The van der Waals surface area contributed by atoms with E-state index in [-0.39, 0.29) is 19.8 Å². The van der Waals surface area contributed by atoms with Crippen molar-refractivity contribution >= 4 is 18.2 Å². The van der Waals surface area contributed by atoms with E-state index in [1.807, 2.05) is 26.0 Å². The molecule has 1 aliphatic rings. The van der Waals surface area contributed by atoms with Crippen LogP contribution in [0.1, 0.15) is 37.8 Å². The van der Waals surface area contributed by atoms with Gasteiger partial charge in [0.1, 0.15) is 12.4 Å². The second-order valence-electron chi connectivity index (χ2n) is 6.39. The molecule has 2 rings (SSSR count). The lowest BCUT2D eigenvalue weighted by Crippen LogP contribution is -2.47. The number of amides is 1. The van der Waals surface area contributed by atoms with Crippen LogP contribution in [0.3, 0.4) is 0 Å². The summed E-state index contributed by atoms with van der Waals surface area (Å²) in [6, 6.07) is 3.66. The van der Waals surface area contributed by atoms with Gasteiger partial charge in [-0.1, -0.05) is 6.92 Å². The molecule has 0 spiro atoms. The van der Waals surface area contributed by atoms with Gasteiger partial charge < -0.3 is 29.0 Å². The van der Waals surface area contributed by atoms with E-state index < -0.39 is 24.1 Å². The number of hydrogen-bond acceptors (Lipinski definition) is 7. The minimum absolute atomic E-state index is 0.155. The normalized spacial score (nSPS) is 14.4. The zero-order chi connectivity index (χ0) is 20.0. The summed E-state index contributed by atoms with van der Waals surface area (Å²) < 4.78 is 15.8. The minimum Gasteiger partial charge on any atom is -0.454 e. The van der Waals surface area contributed by atoms with Gasteiger partial charge in [0.05, 0.1) is 0 Å². The molecule has 1 aliphatic heterocycles. The molecule has 148 valence electrons. The molecule has 0 saturated heterocycles. The number of aldehydes is 1. The van der Waals surface area contributed by atoms with Gasteiger partial charge in [0.15, 0.2) is 11.5 Å². The lowest BCUT2D eigenvalue weighted by atomic mass is 10.1. The second kappa shape index (κ2) is 9.36. The number of carbonyl (C=O) groups excluding carboxylic acids is 3. The summed E-state index contributed by atoms with van der Waals surface area (Å²) in [5.41, 5.74) is 1.78. The van der Waals surface area contributed by atoms with Gasteiger partial charge in [-0.15, -0.1) is 0 Å². The van der Waals surface area contributed by atoms with Crippen molar-refractivity contribution in [3.63, 3.8) is 0 Å². The molecule has 1 heterocycles. The van der Waals surface area contributed by atoms with E-state index in [4.69, 9.17) is 14.2 Å². The third kappa shape index (κ3) is 5.19. The van der Waals surface area contributed by atoms with Gasteiger partial charge in [-0.2, -0.15) is 0 Å². The predicted molar refractivity (Wildman–Crippen MR) is 95.3 cm³/mol. The highest BCUT2D eigenvalue weighted by Gasteiger charge is 2.33. The van der Waals surface area contributed by atoms with Crippen LogP contribution < -0.4 is 9.47 Å². The molecule has 0 aliphatic carbocycles. The lowest BCUT2D eigenvalue weighted by molar-refractivity contribution is -0.167. The number of aliphatic hydroxyl groups is 1. The number of benzene rings is 1. The maximum Gasteiger partial charge on any atom is 0.303 e. The van der Waals surface area contributed by atoms with Crippen molar-refractivity contribution in [2.45, 2.75) is 52.4 Å². The summed E-state index contributed by atoms with van der Waals surface area (Å²) in [5, 5.41) is 10.1. The first-order valence-electron chi connectivity index (χ1n) is 8.84. The van der Waals surface area contributed by atoms with E-state index in [1.165, 1.54) is 4.90 Å². The maximum absolute atomic E-state index is 13.0. The van der Waals surface area contributed by atoms with E-state index in [0.717, 1.165) is 18.1 Å². The third-order valence-electron chi connectivity index (χ3n) is 4.22. The number of ether oxygens (including phenoxy) is 3. The van der Waals surface area contributed by atoms with Crippen molar-refractivity contribution in [2.24, 2.45) is 0 Å². The van der Waals surface area contributed by atoms with Crippen LogP contribution in [0.2, 0.25) is 0 Å². The monoisotopic (exact) mass is 379 g/mol. The standard InChI is InChI=1S/C19H25NO7/c1-4-6-20(19(24)18(27-13(3)22)15(23)5-7-21)10-14-9-17-16(8-12(14)2)25-11-26-17/h7-9,15,18,23H,4-6,10-11H2,1-3H3/t15-,18+/m1/s1. The zero-order valence-electron chi connectivity index (χ0n) is 15.8. The van der Waals surface area contributed by atoms with Crippen molar-refractivity contribution in [3.05, 3.63) is 23.3 Å². The molecule has 1 amide bonds. The molecule has 0 fully saturated rings. The van der Waals surface area contributed by atoms with E-state index in [2.05, 4.69) is 0 Å². The number of nitrogens with zero attached hydrogens (tertiary/aromatic N) is 1. The number of fused-ring (bicyclic) bond motifs is 1. The van der Waals surface area contributed by atoms with E-state index in [1.54, 1.807) is 0 Å². The second-order valence-corrected chi connectivity index (χ2v) is 6.39. The van der Waals surface area contributed by atoms with Crippen LogP contribution in [0.25, 0.3) is 0 Å². The number of rotatable bonds is 9. The Hall–Kier alpha value is -2.61. The van der Waals surface area contributed by atoms with Crippen molar-refractivity contribution in [3.8, 4) is 11.5 Å². The first-order valence-corrected chi connectivity index (χ1v) is 8.84. The molecule has 0 unspecified atom stereocenters. The number of carbonyl (C=O) groups is 3. The summed E-state index contributed by atoms with van der Waals surface area (Å²) in [4.78, 5) is 36.5. The van der Waals surface area contributed by atoms with Crippen LogP contribution >= 0.6 is 0 Å². The van der Waals surface area contributed by atoms with E-state index in [0.29, 0.717) is 30.8 Å². The molecule has 1 aromatic carbocycles. The molecule has 0 radical (unpaired) electrons. The quantitative estimate of drug-likeness (QED) is 0.510. The molecule has 8 nitrogen and oxygen atoms in total. The summed E-state index contributed by atoms with van der Waals surface area (Å²) in [6.45, 7) is 5.77. The van der Waals surface area contributed by atoms with Gasteiger partial charge in [0, 0.05) is 26.4 Å². The molecule has 8 heteroatoms. The van der Waals surface area contributed by atoms with E-state index in [9.17, 15) is 19.5 Å².